The number of anilines is 1. The number of hydrogen-bond acceptors (Lipinski definition) is 3. The number of carbonyl (C=O) groups is 1. The molecule has 0 aliphatic heterocycles. The number of nitrogens with two attached hydrogens (primary N) is 1. The highest BCUT2D eigenvalue weighted by molar-refractivity contribution is 5.91. The number of carbonyl (C=O) groups excluding carboxylic acids is 1. The van der Waals surface area contributed by atoms with Gasteiger partial charge in [0.15, 0.2) is 6.29 Å². The highest BCUT2D eigenvalue weighted by Crippen LogP contribution is 2.27. The van der Waals surface area contributed by atoms with Crippen LogP contribution in [0.25, 0.3) is 11.3 Å². The second kappa shape index (κ2) is 4.64. The van der Waals surface area contributed by atoms with Crippen LogP contribution in [-0.2, 0) is 6.54 Å². The third kappa shape index (κ3) is 1.90. The Labute approximate surface area is 106 Å². The summed E-state index contributed by atoms with van der Waals surface area (Å²) in [6, 6.07) is 6.03. The predicted molar refractivity (Wildman–Crippen MR) is 72.6 cm³/mol. The van der Waals surface area contributed by atoms with Gasteiger partial charge in [-0.2, -0.15) is 5.10 Å². The zero-order valence-corrected chi connectivity index (χ0v) is 10.9. The van der Waals surface area contributed by atoms with Gasteiger partial charge < -0.3 is 5.73 Å². The number of aldehydes is 1. The quantitative estimate of drug-likeness (QED) is 0.843. The Balaban J connectivity index is 2.62. The summed E-state index contributed by atoms with van der Waals surface area (Å²) in [6.07, 6.45) is 0.777. The van der Waals surface area contributed by atoms with Crippen LogP contribution in [0, 0.1) is 13.8 Å². The number of nitrogen functional groups attached to an aromatic ring is 1. The van der Waals surface area contributed by atoms with Gasteiger partial charge in [0.1, 0.15) is 11.5 Å². The summed E-state index contributed by atoms with van der Waals surface area (Å²) in [6.45, 7) is 6.69. The number of aromatic nitrogens is 2. The van der Waals surface area contributed by atoms with Gasteiger partial charge in [0.25, 0.3) is 0 Å². The molecule has 18 heavy (non-hydrogen) atoms. The number of rotatable bonds is 3. The average molecular weight is 243 g/mol. The van der Waals surface area contributed by atoms with Crippen LogP contribution < -0.4 is 5.73 Å². The van der Waals surface area contributed by atoms with Crippen LogP contribution in [0.1, 0.15) is 28.4 Å². The van der Waals surface area contributed by atoms with Crippen molar-refractivity contribution in [1.82, 2.24) is 9.78 Å². The van der Waals surface area contributed by atoms with Gasteiger partial charge >= 0.3 is 0 Å². The standard InChI is InChI=1S/C14H17N3O/c1-4-17-14(15)12(8-18)13(16-17)11-6-5-9(2)10(3)7-11/h5-8H,4,15H2,1-3H3. The molecular weight excluding hydrogens is 226 g/mol. The molecule has 1 heterocycles. The van der Waals surface area contributed by atoms with Crippen LogP contribution in [-0.4, -0.2) is 16.1 Å². The molecule has 94 valence electrons. The fourth-order valence-corrected chi connectivity index (χ4v) is 1.95. The minimum atomic E-state index is 0.431. The Hall–Kier alpha value is -2.10. The molecule has 0 bridgehead atoms. The fourth-order valence-electron chi connectivity index (χ4n) is 1.95. The molecule has 0 unspecified atom stereocenters. The molecule has 0 amide bonds. The van der Waals surface area contributed by atoms with E-state index in [0.29, 0.717) is 23.6 Å². The zero-order chi connectivity index (χ0) is 13.3. The molecule has 1 aromatic heterocycles. The molecule has 4 nitrogen and oxygen atoms in total. The Morgan fingerprint density at radius 3 is 2.61 bits per heavy atom. The van der Waals surface area contributed by atoms with Gasteiger partial charge in [-0.1, -0.05) is 12.1 Å². The summed E-state index contributed by atoms with van der Waals surface area (Å²) in [4.78, 5) is 11.2. The first-order chi connectivity index (χ1) is 8.58. The molecule has 0 fully saturated rings. The SMILES string of the molecule is CCn1nc(-c2ccc(C)c(C)c2)c(C=O)c1N. The topological polar surface area (TPSA) is 60.9 Å². The molecule has 4 heteroatoms. The van der Waals surface area contributed by atoms with Crippen molar-refractivity contribution >= 4 is 12.1 Å². The number of hydrogen-bond donors (Lipinski definition) is 1. The summed E-state index contributed by atoms with van der Waals surface area (Å²) < 4.78 is 1.65. The van der Waals surface area contributed by atoms with Crippen LogP contribution >= 0.6 is 0 Å². The summed E-state index contributed by atoms with van der Waals surface area (Å²) in [5, 5.41) is 4.40. The minimum Gasteiger partial charge on any atom is -0.383 e. The van der Waals surface area contributed by atoms with E-state index in [9.17, 15) is 4.79 Å². The largest absolute Gasteiger partial charge is 0.383 e. The Morgan fingerprint density at radius 2 is 2.06 bits per heavy atom. The van der Waals surface area contributed by atoms with Crippen LogP contribution in [0.4, 0.5) is 5.82 Å². The highest BCUT2D eigenvalue weighted by Gasteiger charge is 2.15. The second-order valence-corrected chi connectivity index (χ2v) is 4.38. The van der Waals surface area contributed by atoms with E-state index in [4.69, 9.17) is 5.73 Å². The monoisotopic (exact) mass is 243 g/mol. The first kappa shape index (κ1) is 12.4. The third-order valence-electron chi connectivity index (χ3n) is 3.23. The fraction of sp³-hybridized carbons (Fsp3) is 0.286. The maximum atomic E-state index is 11.2. The van der Waals surface area contributed by atoms with Gasteiger partial charge in [0, 0.05) is 12.1 Å². The van der Waals surface area contributed by atoms with Crippen molar-refractivity contribution < 1.29 is 4.79 Å². The number of benzene rings is 1. The van der Waals surface area contributed by atoms with Crippen molar-refractivity contribution in [3.05, 3.63) is 34.9 Å². The molecule has 0 saturated carbocycles. The molecule has 0 radical (unpaired) electrons. The number of aryl methyl sites for hydroxylation is 3. The van der Waals surface area contributed by atoms with Crippen molar-refractivity contribution in [3.8, 4) is 11.3 Å². The van der Waals surface area contributed by atoms with E-state index in [1.807, 2.05) is 32.0 Å². The smallest absolute Gasteiger partial charge is 0.156 e. The van der Waals surface area contributed by atoms with E-state index in [1.54, 1.807) is 4.68 Å². The van der Waals surface area contributed by atoms with Crippen LogP contribution in [0.2, 0.25) is 0 Å². The van der Waals surface area contributed by atoms with Crippen molar-refractivity contribution in [2.24, 2.45) is 0 Å². The lowest BCUT2D eigenvalue weighted by Gasteiger charge is -2.03. The third-order valence-corrected chi connectivity index (χ3v) is 3.23. The lowest BCUT2D eigenvalue weighted by molar-refractivity contribution is 0.112. The van der Waals surface area contributed by atoms with Crippen molar-refractivity contribution in [1.29, 1.82) is 0 Å². The van der Waals surface area contributed by atoms with Gasteiger partial charge in [-0.25, -0.2) is 4.68 Å². The minimum absolute atomic E-state index is 0.431. The molecule has 1 aromatic carbocycles. The zero-order valence-electron chi connectivity index (χ0n) is 10.9. The Bertz CT molecular complexity index is 599. The van der Waals surface area contributed by atoms with Crippen molar-refractivity contribution in [2.45, 2.75) is 27.3 Å². The summed E-state index contributed by atoms with van der Waals surface area (Å²) in [5.41, 5.74) is 10.4. The van der Waals surface area contributed by atoms with E-state index in [1.165, 1.54) is 11.1 Å². The van der Waals surface area contributed by atoms with E-state index in [-0.39, 0.29) is 0 Å². The van der Waals surface area contributed by atoms with Crippen LogP contribution in [0.5, 0.6) is 0 Å². The molecular formula is C14H17N3O. The molecule has 2 rings (SSSR count). The van der Waals surface area contributed by atoms with Gasteiger partial charge in [-0.3, -0.25) is 4.79 Å². The maximum absolute atomic E-state index is 11.2. The molecule has 0 aliphatic rings. The van der Waals surface area contributed by atoms with Crippen molar-refractivity contribution in [3.63, 3.8) is 0 Å². The Morgan fingerprint density at radius 1 is 1.33 bits per heavy atom. The molecule has 0 atom stereocenters. The first-order valence-corrected chi connectivity index (χ1v) is 5.97. The lowest BCUT2D eigenvalue weighted by Crippen LogP contribution is -2.02. The average Bonchev–Trinajstić information content (AvgIpc) is 2.69. The first-order valence-electron chi connectivity index (χ1n) is 5.97. The van der Waals surface area contributed by atoms with Crippen LogP contribution in [0.15, 0.2) is 18.2 Å². The number of nitrogens with zero attached hydrogens (tertiary/aromatic N) is 2. The molecule has 0 spiro atoms. The molecule has 2 aromatic rings. The summed E-state index contributed by atoms with van der Waals surface area (Å²) >= 11 is 0. The highest BCUT2D eigenvalue weighted by atomic mass is 16.1. The van der Waals surface area contributed by atoms with E-state index in [2.05, 4.69) is 12.0 Å². The van der Waals surface area contributed by atoms with Crippen LogP contribution in [0.3, 0.4) is 0 Å². The van der Waals surface area contributed by atoms with Gasteiger partial charge in [0.05, 0.1) is 5.56 Å². The van der Waals surface area contributed by atoms with E-state index in [0.717, 1.165) is 11.8 Å². The molecule has 0 saturated heterocycles. The second-order valence-electron chi connectivity index (χ2n) is 4.38. The van der Waals surface area contributed by atoms with Gasteiger partial charge in [-0.05, 0) is 38.0 Å². The Kier molecular flexibility index (Phi) is 3.19. The lowest BCUT2D eigenvalue weighted by atomic mass is 10.0. The van der Waals surface area contributed by atoms with Crippen molar-refractivity contribution in [2.75, 3.05) is 5.73 Å². The maximum Gasteiger partial charge on any atom is 0.156 e. The van der Waals surface area contributed by atoms with Gasteiger partial charge in [0.2, 0.25) is 0 Å². The predicted octanol–water partition coefficient (Wildman–Crippen LogP) is 2.58. The molecule has 2 N–H and O–H groups in total. The normalized spacial score (nSPS) is 10.6. The molecule has 0 aliphatic carbocycles. The summed E-state index contributed by atoms with van der Waals surface area (Å²) in [7, 11) is 0. The van der Waals surface area contributed by atoms with Gasteiger partial charge in [-0.15, -0.1) is 0 Å². The van der Waals surface area contributed by atoms with E-state index < -0.39 is 0 Å². The van der Waals surface area contributed by atoms with E-state index >= 15 is 0 Å². The summed E-state index contributed by atoms with van der Waals surface area (Å²) in [5.74, 6) is 0.431.